The molecule has 0 aliphatic carbocycles. The number of anilines is 2. The van der Waals surface area contributed by atoms with Crippen LogP contribution in [0.5, 0.6) is 0 Å². The lowest BCUT2D eigenvalue weighted by atomic mass is 9.93. The van der Waals surface area contributed by atoms with Gasteiger partial charge in [-0.05, 0) is 42.8 Å². The van der Waals surface area contributed by atoms with E-state index in [4.69, 9.17) is 0 Å². The number of carbonyl (C=O) groups excluding carboxylic acids is 3. The first kappa shape index (κ1) is 28.8. The zero-order chi connectivity index (χ0) is 30.7. The van der Waals surface area contributed by atoms with Crippen molar-refractivity contribution >= 4 is 51.2 Å². The summed E-state index contributed by atoms with van der Waals surface area (Å²) in [6.07, 6.45) is 3.04. The van der Waals surface area contributed by atoms with Crippen LogP contribution in [0.15, 0.2) is 72.9 Å². The molecule has 1 N–H and O–H groups in total. The SMILES string of the molecule is CCCCN1C(=O)c2cccc3c(NC(=O)CN(Cc4ccccn4)c4ccc([N+](=O)[O-])cc4[N+](=O)[O-])ccc(c23)C1=O. The molecule has 0 atom stereocenters. The summed E-state index contributed by atoms with van der Waals surface area (Å²) in [5.74, 6) is -1.35. The van der Waals surface area contributed by atoms with Crippen molar-refractivity contribution < 1.29 is 24.2 Å². The van der Waals surface area contributed by atoms with Gasteiger partial charge in [0.2, 0.25) is 5.91 Å². The third-order valence-electron chi connectivity index (χ3n) is 7.12. The fourth-order valence-corrected chi connectivity index (χ4v) is 5.09. The van der Waals surface area contributed by atoms with Crippen molar-refractivity contribution in [3.05, 3.63) is 110 Å². The van der Waals surface area contributed by atoms with Gasteiger partial charge < -0.3 is 10.2 Å². The number of carbonyl (C=O) groups is 3. The maximum atomic E-state index is 13.4. The van der Waals surface area contributed by atoms with Crippen molar-refractivity contribution in [1.29, 1.82) is 0 Å². The van der Waals surface area contributed by atoms with Gasteiger partial charge in [-0.3, -0.25) is 44.5 Å². The number of hydrogen-bond donors (Lipinski definition) is 1. The lowest BCUT2D eigenvalue weighted by molar-refractivity contribution is -0.393. The largest absolute Gasteiger partial charge is 0.351 e. The Hall–Kier alpha value is -5.72. The van der Waals surface area contributed by atoms with E-state index >= 15 is 0 Å². The molecule has 0 bridgehead atoms. The van der Waals surface area contributed by atoms with E-state index in [1.165, 1.54) is 15.9 Å². The molecule has 218 valence electrons. The number of nitrogens with one attached hydrogen (secondary N) is 1. The Balaban J connectivity index is 1.48. The van der Waals surface area contributed by atoms with Gasteiger partial charge in [0, 0.05) is 46.4 Å². The molecule has 1 aliphatic rings. The van der Waals surface area contributed by atoms with Gasteiger partial charge in [0.1, 0.15) is 5.69 Å². The number of nitro groups is 2. The summed E-state index contributed by atoms with van der Waals surface area (Å²) in [5, 5.41) is 26.9. The molecule has 3 amide bonds. The quantitative estimate of drug-likeness (QED) is 0.144. The van der Waals surface area contributed by atoms with Crippen LogP contribution in [-0.2, 0) is 11.3 Å². The molecule has 1 aliphatic heterocycles. The molecule has 0 unspecified atom stereocenters. The highest BCUT2D eigenvalue weighted by atomic mass is 16.6. The lowest BCUT2D eigenvalue weighted by Crippen LogP contribution is -2.41. The molecule has 5 rings (SSSR count). The van der Waals surface area contributed by atoms with E-state index in [-0.39, 0.29) is 18.8 Å². The molecule has 2 heterocycles. The second-order valence-electron chi connectivity index (χ2n) is 9.92. The van der Waals surface area contributed by atoms with Crippen LogP contribution in [0.3, 0.4) is 0 Å². The minimum absolute atomic E-state index is 0.00309. The first-order valence-corrected chi connectivity index (χ1v) is 13.5. The molecule has 1 aromatic heterocycles. The number of pyridine rings is 1. The third-order valence-corrected chi connectivity index (χ3v) is 7.12. The van der Waals surface area contributed by atoms with Gasteiger partial charge >= 0.3 is 0 Å². The number of amides is 3. The highest BCUT2D eigenvalue weighted by molar-refractivity contribution is 6.27. The van der Waals surface area contributed by atoms with Crippen molar-refractivity contribution in [3.8, 4) is 0 Å². The topological polar surface area (TPSA) is 169 Å². The van der Waals surface area contributed by atoms with Crippen molar-refractivity contribution in [1.82, 2.24) is 9.88 Å². The first-order chi connectivity index (χ1) is 20.7. The minimum atomic E-state index is -0.740. The molecule has 0 radical (unpaired) electrons. The average molecular weight is 583 g/mol. The monoisotopic (exact) mass is 582 g/mol. The Morgan fingerprint density at radius 1 is 0.953 bits per heavy atom. The van der Waals surface area contributed by atoms with Gasteiger partial charge in [0.15, 0.2) is 0 Å². The first-order valence-electron chi connectivity index (χ1n) is 13.5. The van der Waals surface area contributed by atoms with Crippen LogP contribution in [0.4, 0.5) is 22.7 Å². The van der Waals surface area contributed by atoms with Crippen molar-refractivity contribution in [2.24, 2.45) is 0 Å². The van der Waals surface area contributed by atoms with Gasteiger partial charge in [-0.15, -0.1) is 0 Å². The summed E-state index contributed by atoms with van der Waals surface area (Å²) in [6.45, 7) is 1.90. The van der Waals surface area contributed by atoms with Crippen LogP contribution in [0.25, 0.3) is 10.8 Å². The summed E-state index contributed by atoms with van der Waals surface area (Å²) < 4.78 is 0. The van der Waals surface area contributed by atoms with E-state index in [0.717, 1.165) is 18.6 Å². The Labute approximate surface area is 245 Å². The fourth-order valence-electron chi connectivity index (χ4n) is 5.09. The number of rotatable bonds is 11. The Kier molecular flexibility index (Phi) is 8.05. The van der Waals surface area contributed by atoms with Crippen LogP contribution < -0.4 is 10.2 Å². The second kappa shape index (κ2) is 12.0. The molecule has 0 saturated carbocycles. The lowest BCUT2D eigenvalue weighted by Gasteiger charge is -2.28. The predicted octanol–water partition coefficient (Wildman–Crippen LogP) is 5.09. The molecule has 4 aromatic rings. The maximum absolute atomic E-state index is 13.4. The average Bonchev–Trinajstić information content (AvgIpc) is 3.00. The number of benzene rings is 3. The second-order valence-corrected chi connectivity index (χ2v) is 9.92. The number of unbranched alkanes of at least 4 members (excludes halogenated alkanes) is 1. The smallest absolute Gasteiger partial charge is 0.299 e. The molecule has 0 saturated heterocycles. The number of aromatic nitrogens is 1. The zero-order valence-corrected chi connectivity index (χ0v) is 23.1. The van der Waals surface area contributed by atoms with Crippen molar-refractivity contribution in [3.63, 3.8) is 0 Å². The fraction of sp³-hybridized carbons (Fsp3) is 0.200. The molecule has 13 heteroatoms. The van der Waals surface area contributed by atoms with Crippen molar-refractivity contribution in [2.45, 2.75) is 26.3 Å². The van der Waals surface area contributed by atoms with E-state index < -0.39 is 38.9 Å². The van der Waals surface area contributed by atoms with Crippen LogP contribution in [0.1, 0.15) is 46.2 Å². The van der Waals surface area contributed by atoms with Crippen LogP contribution in [0.2, 0.25) is 0 Å². The number of nitro benzene ring substituents is 2. The van der Waals surface area contributed by atoms with Crippen LogP contribution in [0, 0.1) is 20.2 Å². The van der Waals surface area contributed by atoms with E-state index in [1.807, 2.05) is 6.92 Å². The summed E-state index contributed by atoms with van der Waals surface area (Å²) in [6, 6.07) is 16.5. The van der Waals surface area contributed by atoms with Gasteiger partial charge in [-0.25, -0.2) is 0 Å². The summed E-state index contributed by atoms with van der Waals surface area (Å²) in [5.41, 5.74) is 0.577. The Bertz CT molecular complexity index is 1750. The van der Waals surface area contributed by atoms with Gasteiger partial charge in [0.05, 0.1) is 34.7 Å². The summed E-state index contributed by atoms with van der Waals surface area (Å²) >= 11 is 0. The molecular weight excluding hydrogens is 556 g/mol. The van der Waals surface area contributed by atoms with Gasteiger partial charge in [-0.1, -0.05) is 31.5 Å². The molecule has 13 nitrogen and oxygen atoms in total. The van der Waals surface area contributed by atoms with E-state index in [9.17, 15) is 34.6 Å². The normalized spacial score (nSPS) is 12.3. The predicted molar refractivity (Wildman–Crippen MR) is 158 cm³/mol. The zero-order valence-electron chi connectivity index (χ0n) is 23.1. The molecule has 3 aromatic carbocycles. The number of imide groups is 1. The standard InChI is InChI=1S/C30H26N6O7/c1-2-3-15-34-29(38)22-9-6-8-21-24(12-11-23(28(21)22)30(34)39)32-27(37)18-33(17-19-7-4-5-14-31-19)25-13-10-20(35(40)41)16-26(25)36(42)43/h4-14,16H,2-3,15,17-18H2,1H3,(H,32,37). The van der Waals surface area contributed by atoms with Crippen LogP contribution in [-0.4, -0.2) is 50.5 Å². The molecule has 43 heavy (non-hydrogen) atoms. The molecular formula is C30H26N6O7. The maximum Gasteiger partial charge on any atom is 0.299 e. The van der Waals surface area contributed by atoms with Crippen molar-refractivity contribution in [2.75, 3.05) is 23.3 Å². The Morgan fingerprint density at radius 2 is 1.72 bits per heavy atom. The van der Waals surface area contributed by atoms with E-state index in [2.05, 4.69) is 10.3 Å². The molecule has 0 fully saturated rings. The highest BCUT2D eigenvalue weighted by Gasteiger charge is 2.33. The number of non-ortho nitro benzene ring substituents is 1. The van der Waals surface area contributed by atoms with E-state index in [1.54, 1.807) is 54.7 Å². The molecule has 0 spiro atoms. The van der Waals surface area contributed by atoms with Gasteiger partial charge in [0.25, 0.3) is 23.2 Å². The van der Waals surface area contributed by atoms with Gasteiger partial charge in [-0.2, -0.15) is 0 Å². The number of nitrogens with zero attached hydrogens (tertiary/aromatic N) is 5. The van der Waals surface area contributed by atoms with Crippen LogP contribution >= 0.6 is 0 Å². The minimum Gasteiger partial charge on any atom is -0.351 e. The number of hydrogen-bond acceptors (Lipinski definition) is 9. The van der Waals surface area contributed by atoms with E-state index in [0.29, 0.717) is 46.2 Å². The third kappa shape index (κ3) is 5.73. The highest BCUT2D eigenvalue weighted by Crippen LogP contribution is 2.36. The Morgan fingerprint density at radius 3 is 2.40 bits per heavy atom. The summed E-state index contributed by atoms with van der Waals surface area (Å²) in [7, 11) is 0. The summed E-state index contributed by atoms with van der Waals surface area (Å²) in [4.78, 5) is 68.4.